The molecule has 0 spiro atoms. The molecule has 17 heavy (non-hydrogen) atoms. The fourth-order valence-electron chi connectivity index (χ4n) is 0.957. The van der Waals surface area contributed by atoms with E-state index in [9.17, 15) is 9.59 Å². The fourth-order valence-corrected chi connectivity index (χ4v) is 2.87. The normalized spacial score (nSPS) is 11.1. The molecule has 0 fully saturated rings. The Hall–Kier alpha value is -0.923. The maximum atomic E-state index is 11.3. The molecule has 0 aliphatic rings. The van der Waals surface area contributed by atoms with Gasteiger partial charge in [-0.15, -0.1) is 0 Å². The van der Waals surface area contributed by atoms with E-state index in [-0.39, 0.29) is 26.1 Å². The Morgan fingerprint density at radius 1 is 0.824 bits per heavy atom. The van der Waals surface area contributed by atoms with Gasteiger partial charge < -0.3 is 17.7 Å². The molecule has 0 rings (SSSR count). The smallest absolute Gasteiger partial charge is 0.442 e. The van der Waals surface area contributed by atoms with Gasteiger partial charge in [0.15, 0.2) is 0 Å². The summed E-state index contributed by atoms with van der Waals surface area (Å²) in [5.74, 6) is -1.02. The molecule has 0 aliphatic carbocycles. The van der Waals surface area contributed by atoms with Crippen molar-refractivity contribution in [3.63, 3.8) is 0 Å². The maximum Gasteiger partial charge on any atom is 0.824 e. The minimum atomic E-state index is -3.66. The molecule has 0 heterocycles. The third kappa shape index (κ3) is 5.80. The van der Waals surface area contributed by atoms with Crippen molar-refractivity contribution in [1.29, 1.82) is 0 Å². The van der Waals surface area contributed by atoms with Gasteiger partial charge in [-0.2, -0.15) is 0 Å². The van der Waals surface area contributed by atoms with Crippen LogP contribution in [0.3, 0.4) is 0 Å². The van der Waals surface area contributed by atoms with Gasteiger partial charge in [0.2, 0.25) is 0 Å². The third-order valence-corrected chi connectivity index (χ3v) is 3.94. The van der Waals surface area contributed by atoms with Crippen molar-refractivity contribution < 1.29 is 27.3 Å². The van der Waals surface area contributed by atoms with Gasteiger partial charge >= 0.3 is 9.05 Å². The van der Waals surface area contributed by atoms with Crippen molar-refractivity contribution in [3.8, 4) is 0 Å². The lowest BCUT2D eigenvalue weighted by molar-refractivity contribution is -0.152. The zero-order valence-electron chi connectivity index (χ0n) is 10.8. The van der Waals surface area contributed by atoms with Gasteiger partial charge in [-0.1, -0.05) is 13.8 Å². The molecule has 0 amide bonds. The highest BCUT2D eigenvalue weighted by Crippen LogP contribution is 2.14. The van der Waals surface area contributed by atoms with Gasteiger partial charge in [0.05, 0.1) is 0 Å². The van der Waals surface area contributed by atoms with Crippen LogP contribution in [0.15, 0.2) is 0 Å². The summed E-state index contributed by atoms with van der Waals surface area (Å²) in [6, 6.07) is 0. The Labute approximate surface area is 103 Å². The maximum absolute atomic E-state index is 11.3. The molecule has 0 saturated carbocycles. The molecule has 7 heteroatoms. The van der Waals surface area contributed by atoms with Crippen molar-refractivity contribution in [3.05, 3.63) is 0 Å². The first-order chi connectivity index (χ1) is 8.03. The molecule has 0 bridgehead atoms. The second-order valence-corrected chi connectivity index (χ2v) is 5.01. The summed E-state index contributed by atoms with van der Waals surface area (Å²) in [5.41, 5.74) is 0. The topological polar surface area (TPSA) is 71.1 Å². The lowest BCUT2D eigenvalue weighted by Gasteiger charge is -2.25. The largest absolute Gasteiger partial charge is 0.824 e. The summed E-state index contributed by atoms with van der Waals surface area (Å²) in [6.07, 6.45) is 0.331. The van der Waals surface area contributed by atoms with E-state index in [1.54, 1.807) is 27.7 Å². The molecule has 0 aromatic heterocycles. The van der Waals surface area contributed by atoms with Crippen molar-refractivity contribution in [1.82, 2.24) is 0 Å². The molecule has 0 unspecified atom stereocenters. The quantitative estimate of drug-likeness (QED) is 0.617. The molecule has 0 aromatic rings. The van der Waals surface area contributed by atoms with Crippen molar-refractivity contribution in [2.75, 3.05) is 13.2 Å². The minimum absolute atomic E-state index is 0.165. The SMILES string of the molecule is CCO[Si](OCC)(OC(=O)CC)OC(=O)CC. The van der Waals surface area contributed by atoms with Crippen molar-refractivity contribution in [2.24, 2.45) is 0 Å². The standard InChI is InChI=1S/C10H20O6Si/c1-5-9(11)15-17(13-7-3,14-8-4)16-10(12)6-2/h5-8H2,1-4H3. The third-order valence-electron chi connectivity index (χ3n) is 1.70. The lowest BCUT2D eigenvalue weighted by atomic mass is 10.5. The van der Waals surface area contributed by atoms with Crippen LogP contribution in [0.2, 0.25) is 0 Å². The van der Waals surface area contributed by atoms with E-state index in [2.05, 4.69) is 0 Å². The summed E-state index contributed by atoms with van der Waals surface area (Å²) in [6.45, 7) is 7.17. The van der Waals surface area contributed by atoms with Crippen molar-refractivity contribution in [2.45, 2.75) is 40.5 Å². The van der Waals surface area contributed by atoms with Crippen LogP contribution in [0.5, 0.6) is 0 Å². The van der Waals surface area contributed by atoms with Crippen LogP contribution in [0, 0.1) is 0 Å². The number of hydrogen-bond acceptors (Lipinski definition) is 6. The van der Waals surface area contributed by atoms with E-state index in [1.807, 2.05) is 0 Å². The number of rotatable bonds is 8. The highest BCUT2D eigenvalue weighted by Gasteiger charge is 2.53. The van der Waals surface area contributed by atoms with Crippen LogP contribution in [0.1, 0.15) is 40.5 Å². The molecule has 0 radical (unpaired) electrons. The molecular formula is C10H20O6Si. The summed E-state index contributed by atoms with van der Waals surface area (Å²) >= 11 is 0. The highest BCUT2D eigenvalue weighted by atomic mass is 28.4. The van der Waals surface area contributed by atoms with Crippen LogP contribution < -0.4 is 0 Å². The molecule has 0 N–H and O–H groups in total. The van der Waals surface area contributed by atoms with E-state index in [1.165, 1.54) is 0 Å². The van der Waals surface area contributed by atoms with Crippen LogP contribution in [0.4, 0.5) is 0 Å². The second-order valence-electron chi connectivity index (χ2n) is 3.02. The Morgan fingerprint density at radius 3 is 1.41 bits per heavy atom. The predicted molar refractivity (Wildman–Crippen MR) is 61.8 cm³/mol. The van der Waals surface area contributed by atoms with Crippen LogP contribution >= 0.6 is 0 Å². The number of hydrogen-bond donors (Lipinski definition) is 0. The first kappa shape index (κ1) is 16.1. The number of carbonyl (C=O) groups is 2. The second kappa shape index (κ2) is 8.21. The molecule has 6 nitrogen and oxygen atoms in total. The average molecular weight is 264 g/mol. The minimum Gasteiger partial charge on any atom is -0.442 e. The molecule has 0 saturated heterocycles. The Bertz CT molecular complexity index is 229. The summed E-state index contributed by atoms with van der Waals surface area (Å²) in [7, 11) is -3.66. The van der Waals surface area contributed by atoms with E-state index < -0.39 is 21.0 Å². The Morgan fingerprint density at radius 2 is 1.18 bits per heavy atom. The molecule has 100 valence electrons. The molecule has 0 atom stereocenters. The van der Waals surface area contributed by atoms with E-state index in [0.717, 1.165) is 0 Å². The van der Waals surface area contributed by atoms with Gasteiger partial charge in [-0.05, 0) is 13.8 Å². The highest BCUT2D eigenvalue weighted by molar-refractivity contribution is 6.57. The average Bonchev–Trinajstić information content (AvgIpc) is 2.29. The molecule has 0 aliphatic heterocycles. The van der Waals surface area contributed by atoms with Gasteiger partial charge in [-0.25, -0.2) is 0 Å². The van der Waals surface area contributed by atoms with Gasteiger partial charge in [0, 0.05) is 26.1 Å². The summed E-state index contributed by atoms with van der Waals surface area (Å²) < 4.78 is 20.6. The monoisotopic (exact) mass is 264 g/mol. The van der Waals surface area contributed by atoms with Crippen LogP contribution in [-0.4, -0.2) is 34.2 Å². The predicted octanol–water partition coefficient (Wildman–Crippen LogP) is 1.40. The van der Waals surface area contributed by atoms with E-state index in [4.69, 9.17) is 17.7 Å². The zero-order chi connectivity index (χ0) is 13.3. The lowest BCUT2D eigenvalue weighted by Crippen LogP contribution is -2.51. The first-order valence-electron chi connectivity index (χ1n) is 5.75. The van der Waals surface area contributed by atoms with Gasteiger partial charge in [0.1, 0.15) is 0 Å². The zero-order valence-corrected chi connectivity index (χ0v) is 11.8. The van der Waals surface area contributed by atoms with Gasteiger partial charge in [-0.3, -0.25) is 9.59 Å². The van der Waals surface area contributed by atoms with E-state index in [0.29, 0.717) is 0 Å². The van der Waals surface area contributed by atoms with Crippen LogP contribution in [0.25, 0.3) is 0 Å². The Balaban J connectivity index is 4.82. The van der Waals surface area contributed by atoms with Gasteiger partial charge in [0.25, 0.3) is 11.9 Å². The fraction of sp³-hybridized carbons (Fsp3) is 0.800. The van der Waals surface area contributed by atoms with Crippen molar-refractivity contribution >= 4 is 21.0 Å². The molecule has 0 aromatic carbocycles. The molecular weight excluding hydrogens is 244 g/mol. The van der Waals surface area contributed by atoms with E-state index >= 15 is 0 Å². The first-order valence-corrected chi connectivity index (χ1v) is 7.38. The Kier molecular flexibility index (Phi) is 7.76. The summed E-state index contributed by atoms with van der Waals surface area (Å²) in [4.78, 5) is 22.6. The van der Waals surface area contributed by atoms with Crippen LogP contribution in [-0.2, 0) is 27.3 Å². The number of carbonyl (C=O) groups excluding carboxylic acids is 2. The summed E-state index contributed by atoms with van der Waals surface area (Å²) in [5, 5.41) is 0.